The molecule has 1 aliphatic rings. The second-order valence-electron chi connectivity index (χ2n) is 5.40. The maximum absolute atomic E-state index is 12.3. The molecule has 3 rings (SSSR count). The van der Waals surface area contributed by atoms with Crippen LogP contribution in [0, 0.1) is 13.8 Å². The summed E-state index contributed by atoms with van der Waals surface area (Å²) in [6.45, 7) is 5.81. The summed E-state index contributed by atoms with van der Waals surface area (Å²) in [4.78, 5) is 18.3. The van der Waals surface area contributed by atoms with Gasteiger partial charge >= 0.3 is 0 Å². The van der Waals surface area contributed by atoms with E-state index in [0.29, 0.717) is 44.4 Å². The predicted molar refractivity (Wildman–Crippen MR) is 75.9 cm³/mol. The number of aryl methyl sites for hydroxylation is 3. The smallest absolute Gasteiger partial charge is 0.224 e. The Hall–Kier alpha value is -2.22. The minimum atomic E-state index is -0.318. The number of carbonyl (C=O) groups is 1. The molecule has 8 nitrogen and oxygen atoms in total. The molecule has 0 aromatic carbocycles. The van der Waals surface area contributed by atoms with E-state index in [1.807, 2.05) is 13.1 Å². The molecule has 22 heavy (non-hydrogen) atoms. The van der Waals surface area contributed by atoms with Crippen molar-refractivity contribution < 1.29 is 14.1 Å². The molecule has 0 N–H and O–H groups in total. The number of nitrogens with zero attached hydrogens (tertiary/aromatic N) is 5. The van der Waals surface area contributed by atoms with Crippen molar-refractivity contribution in [3.8, 4) is 0 Å². The van der Waals surface area contributed by atoms with Crippen molar-refractivity contribution in [2.45, 2.75) is 32.9 Å². The van der Waals surface area contributed by atoms with E-state index in [-0.39, 0.29) is 12.0 Å². The lowest BCUT2D eigenvalue weighted by molar-refractivity contribution is -0.139. The zero-order valence-corrected chi connectivity index (χ0v) is 12.7. The molecule has 0 aliphatic carbocycles. The summed E-state index contributed by atoms with van der Waals surface area (Å²) in [5.74, 6) is 1.08. The molecule has 3 heterocycles. The minimum Gasteiger partial charge on any atom is -0.366 e. The summed E-state index contributed by atoms with van der Waals surface area (Å²) in [6, 6.07) is 0. The first-order valence-electron chi connectivity index (χ1n) is 7.30. The summed E-state index contributed by atoms with van der Waals surface area (Å²) < 4.78 is 12.4. The molecular formula is C14H19N5O3. The van der Waals surface area contributed by atoms with E-state index in [2.05, 4.69) is 15.2 Å². The van der Waals surface area contributed by atoms with Crippen LogP contribution >= 0.6 is 0 Å². The largest absolute Gasteiger partial charge is 0.366 e. The van der Waals surface area contributed by atoms with Crippen molar-refractivity contribution in [2.75, 3.05) is 19.7 Å². The number of aromatic nitrogens is 4. The molecule has 0 bridgehead atoms. The lowest BCUT2D eigenvalue weighted by atomic mass is 10.2. The van der Waals surface area contributed by atoms with Gasteiger partial charge in [-0.1, -0.05) is 5.16 Å². The Morgan fingerprint density at radius 2 is 2.32 bits per heavy atom. The fourth-order valence-corrected chi connectivity index (χ4v) is 2.44. The Balaban J connectivity index is 1.55. The summed E-state index contributed by atoms with van der Waals surface area (Å²) >= 11 is 0. The van der Waals surface area contributed by atoms with Crippen molar-refractivity contribution in [3.63, 3.8) is 0 Å². The van der Waals surface area contributed by atoms with Gasteiger partial charge in [0.25, 0.3) is 0 Å². The maximum atomic E-state index is 12.3. The Labute approximate surface area is 128 Å². The van der Waals surface area contributed by atoms with Gasteiger partial charge in [-0.25, -0.2) is 0 Å². The highest BCUT2D eigenvalue weighted by Crippen LogP contribution is 2.20. The highest BCUT2D eigenvalue weighted by Gasteiger charge is 2.28. The molecular weight excluding hydrogens is 286 g/mol. The van der Waals surface area contributed by atoms with Gasteiger partial charge < -0.3 is 14.2 Å². The third-order valence-electron chi connectivity index (χ3n) is 3.57. The number of morpholine rings is 1. The summed E-state index contributed by atoms with van der Waals surface area (Å²) in [6.07, 6.45) is 3.81. The summed E-state index contributed by atoms with van der Waals surface area (Å²) in [5, 5.41) is 8.05. The first-order valence-corrected chi connectivity index (χ1v) is 7.30. The minimum absolute atomic E-state index is 0.0849. The van der Waals surface area contributed by atoms with Crippen LogP contribution in [-0.4, -0.2) is 50.4 Å². The third kappa shape index (κ3) is 3.33. The number of rotatable bonds is 4. The van der Waals surface area contributed by atoms with E-state index in [0.717, 1.165) is 5.56 Å². The van der Waals surface area contributed by atoms with E-state index in [1.54, 1.807) is 22.7 Å². The molecule has 0 saturated carbocycles. The molecule has 8 heteroatoms. The Kier molecular flexibility index (Phi) is 4.19. The van der Waals surface area contributed by atoms with Crippen LogP contribution in [0.25, 0.3) is 0 Å². The van der Waals surface area contributed by atoms with Gasteiger partial charge in [0, 0.05) is 32.6 Å². The molecule has 1 fully saturated rings. The zero-order valence-electron chi connectivity index (χ0n) is 12.7. The molecule has 1 aliphatic heterocycles. The van der Waals surface area contributed by atoms with Crippen LogP contribution in [0.3, 0.4) is 0 Å². The lowest BCUT2D eigenvalue weighted by Crippen LogP contribution is -2.42. The average molecular weight is 305 g/mol. The SMILES string of the molecule is Cc1cnn(CCC(=O)N2CCOC(c3noc(C)n3)C2)c1. The van der Waals surface area contributed by atoms with Crippen LogP contribution in [0.5, 0.6) is 0 Å². The Morgan fingerprint density at radius 1 is 1.45 bits per heavy atom. The van der Waals surface area contributed by atoms with Gasteiger partial charge in [0.1, 0.15) is 6.10 Å². The van der Waals surface area contributed by atoms with Gasteiger partial charge in [0.15, 0.2) is 0 Å². The first kappa shape index (κ1) is 14.7. The van der Waals surface area contributed by atoms with Crippen molar-refractivity contribution in [1.29, 1.82) is 0 Å². The van der Waals surface area contributed by atoms with Gasteiger partial charge in [-0.15, -0.1) is 0 Å². The molecule has 0 spiro atoms. The maximum Gasteiger partial charge on any atom is 0.224 e. The van der Waals surface area contributed by atoms with E-state index >= 15 is 0 Å². The van der Waals surface area contributed by atoms with Crippen molar-refractivity contribution >= 4 is 5.91 Å². The van der Waals surface area contributed by atoms with Crippen LogP contribution < -0.4 is 0 Å². The summed E-state index contributed by atoms with van der Waals surface area (Å²) in [7, 11) is 0. The fraction of sp³-hybridized carbons (Fsp3) is 0.571. The summed E-state index contributed by atoms with van der Waals surface area (Å²) in [5.41, 5.74) is 1.09. The topological polar surface area (TPSA) is 86.3 Å². The van der Waals surface area contributed by atoms with Crippen molar-refractivity contribution in [3.05, 3.63) is 29.7 Å². The van der Waals surface area contributed by atoms with Gasteiger partial charge in [0.05, 0.1) is 19.3 Å². The van der Waals surface area contributed by atoms with Crippen molar-refractivity contribution in [2.24, 2.45) is 0 Å². The Bertz CT molecular complexity index is 650. The van der Waals surface area contributed by atoms with E-state index < -0.39 is 0 Å². The lowest BCUT2D eigenvalue weighted by Gasteiger charge is -2.31. The number of amides is 1. The number of carbonyl (C=O) groups excluding carboxylic acids is 1. The molecule has 2 aromatic heterocycles. The number of hydrogen-bond donors (Lipinski definition) is 0. The van der Waals surface area contributed by atoms with Gasteiger partial charge in [-0.3, -0.25) is 9.48 Å². The number of ether oxygens (including phenoxy) is 1. The zero-order chi connectivity index (χ0) is 15.5. The second kappa shape index (κ2) is 6.27. The van der Waals surface area contributed by atoms with E-state index in [1.165, 1.54) is 0 Å². The average Bonchev–Trinajstić information content (AvgIpc) is 3.13. The predicted octanol–water partition coefficient (Wildman–Crippen LogP) is 0.873. The molecule has 0 radical (unpaired) electrons. The first-order chi connectivity index (χ1) is 10.6. The highest BCUT2D eigenvalue weighted by atomic mass is 16.5. The Morgan fingerprint density at radius 3 is 3.00 bits per heavy atom. The molecule has 1 saturated heterocycles. The van der Waals surface area contributed by atoms with Gasteiger partial charge in [-0.05, 0) is 12.5 Å². The standard InChI is InChI=1S/C14H19N5O3/c1-10-7-15-19(8-10)4-3-13(20)18-5-6-21-12(9-18)14-16-11(2)22-17-14/h7-8,12H,3-6,9H2,1-2H3. The highest BCUT2D eigenvalue weighted by molar-refractivity contribution is 5.76. The molecule has 1 amide bonds. The molecule has 118 valence electrons. The van der Waals surface area contributed by atoms with Crippen LogP contribution in [0.4, 0.5) is 0 Å². The van der Waals surface area contributed by atoms with Gasteiger partial charge in [-0.2, -0.15) is 10.1 Å². The second-order valence-corrected chi connectivity index (χ2v) is 5.40. The molecule has 1 unspecified atom stereocenters. The monoisotopic (exact) mass is 305 g/mol. The third-order valence-corrected chi connectivity index (χ3v) is 3.57. The molecule has 1 atom stereocenters. The molecule has 2 aromatic rings. The van der Waals surface area contributed by atoms with Crippen LogP contribution in [-0.2, 0) is 16.1 Å². The van der Waals surface area contributed by atoms with Crippen LogP contribution in [0.15, 0.2) is 16.9 Å². The quantitative estimate of drug-likeness (QED) is 0.833. The van der Waals surface area contributed by atoms with E-state index in [4.69, 9.17) is 9.26 Å². The van der Waals surface area contributed by atoms with Crippen LogP contribution in [0.2, 0.25) is 0 Å². The number of hydrogen-bond acceptors (Lipinski definition) is 6. The van der Waals surface area contributed by atoms with Crippen LogP contribution in [0.1, 0.15) is 29.8 Å². The fourth-order valence-electron chi connectivity index (χ4n) is 2.44. The van der Waals surface area contributed by atoms with Gasteiger partial charge in [0.2, 0.25) is 17.6 Å². The van der Waals surface area contributed by atoms with Crippen molar-refractivity contribution in [1.82, 2.24) is 24.8 Å². The normalized spacial score (nSPS) is 18.6. The van der Waals surface area contributed by atoms with E-state index in [9.17, 15) is 4.79 Å².